The van der Waals surface area contributed by atoms with Crippen LogP contribution in [-0.2, 0) is 4.79 Å². The molecule has 5 heteroatoms. The zero-order valence-corrected chi connectivity index (χ0v) is 17.1. The molecule has 4 N–H and O–H groups in total. The van der Waals surface area contributed by atoms with E-state index >= 15 is 0 Å². The Labute approximate surface area is 159 Å². The Hall–Kier alpha value is -0.910. The van der Waals surface area contributed by atoms with Gasteiger partial charge in [-0.25, -0.2) is 0 Å². The molecule has 0 aliphatic carbocycles. The third kappa shape index (κ3) is 11.7. The van der Waals surface area contributed by atoms with E-state index in [2.05, 4.69) is 6.92 Å². The summed E-state index contributed by atoms with van der Waals surface area (Å²) in [7, 11) is 0. The summed E-state index contributed by atoms with van der Waals surface area (Å²) in [5.41, 5.74) is -2.13. The molecule has 0 aliphatic heterocycles. The molecule has 0 bridgehead atoms. The number of aliphatic hydroxyl groups excluding tert-OH is 2. The standard InChI is InChI=1S/C21H40O5/c1-5-6-7-8-9-10-11-12-17(22)18(23)13-14-21(4,26)16-15-20(2,3)19(24)25/h13-14,17-18,22-23,26H,5-12,15-16H2,1-4H3,(H,24,25)/b14-13+. The third-order valence-electron chi connectivity index (χ3n) is 4.99. The Balaban J connectivity index is 4.17. The van der Waals surface area contributed by atoms with Crippen LogP contribution >= 0.6 is 0 Å². The number of carboxylic acids is 1. The monoisotopic (exact) mass is 372 g/mol. The van der Waals surface area contributed by atoms with Gasteiger partial charge in [-0.05, 0) is 40.0 Å². The summed E-state index contributed by atoms with van der Waals surface area (Å²) in [6.45, 7) is 7.01. The lowest BCUT2D eigenvalue weighted by atomic mass is 9.83. The summed E-state index contributed by atoms with van der Waals surface area (Å²) in [6.07, 6.45) is 10.2. The van der Waals surface area contributed by atoms with Crippen LogP contribution in [0.3, 0.4) is 0 Å². The van der Waals surface area contributed by atoms with E-state index < -0.39 is 29.2 Å². The number of carboxylic acid groups (broad SMARTS) is 1. The maximum Gasteiger partial charge on any atom is 0.309 e. The lowest BCUT2D eigenvalue weighted by molar-refractivity contribution is -0.147. The molecule has 0 amide bonds. The number of rotatable bonds is 15. The van der Waals surface area contributed by atoms with E-state index in [0.29, 0.717) is 12.8 Å². The summed E-state index contributed by atoms with van der Waals surface area (Å²) >= 11 is 0. The van der Waals surface area contributed by atoms with Gasteiger partial charge in [-0.3, -0.25) is 4.79 Å². The molecule has 0 spiro atoms. The summed E-state index contributed by atoms with van der Waals surface area (Å²) in [6, 6.07) is 0. The number of hydrogen-bond acceptors (Lipinski definition) is 4. The van der Waals surface area contributed by atoms with Gasteiger partial charge in [-0.1, -0.05) is 64.0 Å². The van der Waals surface area contributed by atoms with Crippen molar-refractivity contribution < 1.29 is 25.2 Å². The van der Waals surface area contributed by atoms with Crippen molar-refractivity contribution in [3.63, 3.8) is 0 Å². The van der Waals surface area contributed by atoms with Gasteiger partial charge in [0.25, 0.3) is 0 Å². The number of unbranched alkanes of at least 4 members (excludes halogenated alkanes) is 6. The Morgan fingerprint density at radius 3 is 2.04 bits per heavy atom. The van der Waals surface area contributed by atoms with Crippen LogP contribution in [0.1, 0.15) is 91.9 Å². The Bertz CT molecular complexity index is 415. The van der Waals surface area contributed by atoms with Gasteiger partial charge >= 0.3 is 5.97 Å². The van der Waals surface area contributed by atoms with Crippen molar-refractivity contribution in [2.75, 3.05) is 0 Å². The molecule has 3 unspecified atom stereocenters. The van der Waals surface area contributed by atoms with Crippen LogP contribution in [0.5, 0.6) is 0 Å². The summed E-state index contributed by atoms with van der Waals surface area (Å²) in [5.74, 6) is -0.901. The van der Waals surface area contributed by atoms with Gasteiger partial charge in [-0.15, -0.1) is 0 Å². The minimum atomic E-state index is -1.22. The van der Waals surface area contributed by atoms with Crippen molar-refractivity contribution in [3.05, 3.63) is 12.2 Å². The molecule has 0 saturated heterocycles. The lowest BCUT2D eigenvalue weighted by Gasteiger charge is -2.25. The topological polar surface area (TPSA) is 98.0 Å². The van der Waals surface area contributed by atoms with E-state index in [1.165, 1.54) is 37.8 Å². The van der Waals surface area contributed by atoms with Gasteiger partial charge in [0.1, 0.15) is 0 Å². The highest BCUT2D eigenvalue weighted by Crippen LogP contribution is 2.27. The molecule has 0 radical (unpaired) electrons. The van der Waals surface area contributed by atoms with E-state index in [1.807, 2.05) is 0 Å². The molecule has 0 rings (SSSR count). The largest absolute Gasteiger partial charge is 0.481 e. The predicted octanol–water partition coefficient (Wildman–Crippen LogP) is 4.05. The summed E-state index contributed by atoms with van der Waals surface area (Å²) in [5, 5.41) is 39.5. The summed E-state index contributed by atoms with van der Waals surface area (Å²) in [4.78, 5) is 11.1. The zero-order valence-electron chi connectivity index (χ0n) is 17.1. The van der Waals surface area contributed by atoms with E-state index in [0.717, 1.165) is 19.3 Å². The molecule has 0 aromatic carbocycles. The number of hydrogen-bond donors (Lipinski definition) is 4. The van der Waals surface area contributed by atoms with Gasteiger partial charge in [0, 0.05) is 0 Å². The fourth-order valence-electron chi connectivity index (χ4n) is 2.67. The normalized spacial score (nSPS) is 17.2. The SMILES string of the molecule is CCCCCCCCCC(O)C(O)/C=C/C(C)(O)CCC(C)(C)C(=O)O. The van der Waals surface area contributed by atoms with Crippen molar-refractivity contribution in [3.8, 4) is 0 Å². The molecule has 0 fully saturated rings. The van der Waals surface area contributed by atoms with Gasteiger partial charge in [-0.2, -0.15) is 0 Å². The minimum Gasteiger partial charge on any atom is -0.481 e. The second-order valence-corrected chi connectivity index (χ2v) is 8.37. The molecule has 26 heavy (non-hydrogen) atoms. The molecule has 0 saturated carbocycles. The number of carbonyl (C=O) groups is 1. The first-order chi connectivity index (χ1) is 12.0. The minimum absolute atomic E-state index is 0.267. The first kappa shape index (κ1) is 25.1. The van der Waals surface area contributed by atoms with Gasteiger partial charge < -0.3 is 20.4 Å². The van der Waals surface area contributed by atoms with Crippen LogP contribution in [0.2, 0.25) is 0 Å². The predicted molar refractivity (Wildman–Crippen MR) is 105 cm³/mol. The highest BCUT2D eigenvalue weighted by atomic mass is 16.4. The van der Waals surface area contributed by atoms with Crippen molar-refractivity contribution in [1.29, 1.82) is 0 Å². The summed E-state index contributed by atoms with van der Waals surface area (Å²) < 4.78 is 0. The second kappa shape index (κ2) is 12.5. The Kier molecular flexibility index (Phi) is 12.0. The van der Waals surface area contributed by atoms with E-state index in [1.54, 1.807) is 20.8 Å². The molecule has 154 valence electrons. The van der Waals surface area contributed by atoms with Crippen LogP contribution < -0.4 is 0 Å². The van der Waals surface area contributed by atoms with Crippen LogP contribution in [0, 0.1) is 5.41 Å². The highest BCUT2D eigenvalue weighted by molar-refractivity contribution is 5.73. The maximum absolute atomic E-state index is 11.1. The molecule has 0 heterocycles. The fourth-order valence-corrected chi connectivity index (χ4v) is 2.67. The van der Waals surface area contributed by atoms with Crippen molar-refractivity contribution in [2.24, 2.45) is 5.41 Å². The smallest absolute Gasteiger partial charge is 0.309 e. The number of aliphatic hydroxyl groups is 3. The van der Waals surface area contributed by atoms with Crippen LogP contribution in [0.4, 0.5) is 0 Å². The highest BCUT2D eigenvalue weighted by Gasteiger charge is 2.30. The number of aliphatic carboxylic acids is 1. The Morgan fingerprint density at radius 2 is 1.50 bits per heavy atom. The van der Waals surface area contributed by atoms with E-state index in [-0.39, 0.29) is 6.42 Å². The van der Waals surface area contributed by atoms with E-state index in [4.69, 9.17) is 5.11 Å². The molecule has 0 aromatic rings. The van der Waals surface area contributed by atoms with Crippen molar-refractivity contribution >= 4 is 5.97 Å². The second-order valence-electron chi connectivity index (χ2n) is 8.37. The first-order valence-electron chi connectivity index (χ1n) is 10.0. The molecule has 0 aliphatic rings. The van der Waals surface area contributed by atoms with Crippen LogP contribution in [0.25, 0.3) is 0 Å². The molecule has 0 aromatic heterocycles. The fraction of sp³-hybridized carbons (Fsp3) is 0.857. The van der Waals surface area contributed by atoms with Gasteiger partial charge in [0.2, 0.25) is 0 Å². The van der Waals surface area contributed by atoms with Crippen molar-refractivity contribution in [1.82, 2.24) is 0 Å². The average Bonchev–Trinajstić information content (AvgIpc) is 2.57. The quantitative estimate of drug-likeness (QED) is 0.257. The van der Waals surface area contributed by atoms with Crippen LogP contribution in [0.15, 0.2) is 12.2 Å². The Morgan fingerprint density at radius 1 is 0.962 bits per heavy atom. The average molecular weight is 373 g/mol. The third-order valence-corrected chi connectivity index (χ3v) is 4.99. The van der Waals surface area contributed by atoms with E-state index in [9.17, 15) is 20.1 Å². The first-order valence-corrected chi connectivity index (χ1v) is 10.0. The van der Waals surface area contributed by atoms with Gasteiger partial charge in [0.15, 0.2) is 0 Å². The lowest BCUT2D eigenvalue weighted by Crippen LogP contribution is -2.30. The maximum atomic E-state index is 11.1. The molecule has 5 nitrogen and oxygen atoms in total. The van der Waals surface area contributed by atoms with Crippen molar-refractivity contribution in [2.45, 2.75) is 110 Å². The zero-order chi connectivity index (χ0) is 20.2. The van der Waals surface area contributed by atoms with Gasteiger partial charge in [0.05, 0.1) is 23.2 Å². The molecular formula is C21H40O5. The van der Waals surface area contributed by atoms with Crippen LogP contribution in [-0.4, -0.2) is 44.2 Å². The molecular weight excluding hydrogens is 332 g/mol. The molecule has 3 atom stereocenters.